The number of aryl methyl sites for hydroxylation is 1. The average molecular weight is 314 g/mol. The molecule has 1 aromatic heterocycles. The molecule has 7 heteroatoms. The van der Waals surface area contributed by atoms with Gasteiger partial charge in [-0.3, -0.25) is 5.10 Å². The lowest BCUT2D eigenvalue weighted by Crippen LogP contribution is -2.35. The number of nitrogens with zero attached hydrogens (tertiary/aromatic N) is 2. The van der Waals surface area contributed by atoms with E-state index in [0.29, 0.717) is 13.1 Å². The Labute approximate surface area is 127 Å². The topological polar surface area (TPSA) is 78.1 Å². The quantitative estimate of drug-likeness (QED) is 0.728. The lowest BCUT2D eigenvalue weighted by Gasteiger charge is -2.21. The second-order valence-corrected chi connectivity index (χ2v) is 7.42. The zero-order valence-corrected chi connectivity index (χ0v) is 14.0. The van der Waals surface area contributed by atoms with E-state index in [2.05, 4.69) is 22.4 Å². The Bertz CT molecular complexity index is 564. The lowest BCUT2D eigenvalue weighted by atomic mass is 10.2. The van der Waals surface area contributed by atoms with Gasteiger partial charge in [-0.1, -0.05) is 20.3 Å². The van der Waals surface area contributed by atoms with Gasteiger partial charge in [0.15, 0.2) is 5.03 Å². The Kier molecular flexibility index (Phi) is 5.40. The molecule has 0 unspecified atom stereocenters. The summed E-state index contributed by atoms with van der Waals surface area (Å²) in [5.41, 5.74) is 1.58. The van der Waals surface area contributed by atoms with Crippen LogP contribution in [0.3, 0.4) is 0 Å². The minimum Gasteiger partial charge on any atom is -0.313 e. The molecule has 0 amide bonds. The van der Waals surface area contributed by atoms with Crippen LogP contribution in [-0.4, -0.2) is 42.1 Å². The van der Waals surface area contributed by atoms with Gasteiger partial charge in [-0.05, 0) is 32.7 Å². The SMILES string of the molecule is CCCCN(C1CC1)S(=O)(=O)c1n[nH]c(C)c1CNCC. The fourth-order valence-corrected chi connectivity index (χ4v) is 4.28. The molecule has 0 aliphatic heterocycles. The van der Waals surface area contributed by atoms with Crippen LogP contribution in [0.25, 0.3) is 0 Å². The number of nitrogens with one attached hydrogen (secondary N) is 2. The monoisotopic (exact) mass is 314 g/mol. The van der Waals surface area contributed by atoms with Gasteiger partial charge in [0.1, 0.15) is 0 Å². The van der Waals surface area contributed by atoms with Gasteiger partial charge in [-0.15, -0.1) is 0 Å². The maximum atomic E-state index is 12.9. The van der Waals surface area contributed by atoms with Crippen molar-refractivity contribution in [2.45, 2.75) is 64.1 Å². The van der Waals surface area contributed by atoms with Crippen molar-refractivity contribution in [1.82, 2.24) is 19.8 Å². The molecule has 0 bridgehead atoms. The molecule has 0 saturated heterocycles. The Morgan fingerprint density at radius 2 is 2.10 bits per heavy atom. The molecule has 0 aromatic carbocycles. The van der Waals surface area contributed by atoms with Crippen molar-refractivity contribution in [2.75, 3.05) is 13.1 Å². The van der Waals surface area contributed by atoms with Crippen molar-refractivity contribution in [1.29, 1.82) is 0 Å². The number of unbranched alkanes of at least 4 members (excludes halogenated alkanes) is 1. The molecule has 0 radical (unpaired) electrons. The summed E-state index contributed by atoms with van der Waals surface area (Å²) in [6.45, 7) is 7.86. The summed E-state index contributed by atoms with van der Waals surface area (Å²) in [7, 11) is -3.50. The van der Waals surface area contributed by atoms with Gasteiger partial charge >= 0.3 is 0 Å². The molecular formula is C14H26N4O2S. The van der Waals surface area contributed by atoms with E-state index >= 15 is 0 Å². The van der Waals surface area contributed by atoms with Crippen LogP contribution in [0.2, 0.25) is 0 Å². The highest BCUT2D eigenvalue weighted by molar-refractivity contribution is 7.89. The Hall–Kier alpha value is -0.920. The Morgan fingerprint density at radius 1 is 1.38 bits per heavy atom. The number of aromatic nitrogens is 2. The molecule has 0 atom stereocenters. The summed E-state index contributed by atoms with van der Waals surface area (Å²) < 4.78 is 27.5. The molecule has 0 spiro atoms. The number of rotatable bonds is 9. The minimum atomic E-state index is -3.50. The van der Waals surface area contributed by atoms with E-state index in [1.54, 1.807) is 4.31 Å². The molecule has 1 fully saturated rings. The molecule has 21 heavy (non-hydrogen) atoms. The van der Waals surface area contributed by atoms with Crippen LogP contribution in [0.1, 0.15) is 50.8 Å². The highest BCUT2D eigenvalue weighted by Gasteiger charge is 2.39. The predicted molar refractivity (Wildman–Crippen MR) is 82.5 cm³/mol. The second kappa shape index (κ2) is 6.89. The molecule has 1 aromatic rings. The Morgan fingerprint density at radius 3 is 2.67 bits per heavy atom. The highest BCUT2D eigenvalue weighted by atomic mass is 32.2. The summed E-state index contributed by atoms with van der Waals surface area (Å²) in [5, 5.41) is 10.3. The third-order valence-corrected chi connectivity index (χ3v) is 5.75. The normalized spacial score (nSPS) is 15.8. The van der Waals surface area contributed by atoms with E-state index in [9.17, 15) is 8.42 Å². The largest absolute Gasteiger partial charge is 0.313 e. The number of H-pyrrole nitrogens is 1. The van der Waals surface area contributed by atoms with Crippen molar-refractivity contribution in [3.63, 3.8) is 0 Å². The van der Waals surface area contributed by atoms with Gasteiger partial charge in [-0.2, -0.15) is 9.40 Å². The van der Waals surface area contributed by atoms with E-state index in [4.69, 9.17) is 0 Å². The first-order valence-electron chi connectivity index (χ1n) is 7.78. The summed E-state index contributed by atoms with van der Waals surface area (Å²) in [6, 6.07) is 0.172. The van der Waals surface area contributed by atoms with E-state index in [1.807, 2.05) is 13.8 Å². The van der Waals surface area contributed by atoms with Gasteiger partial charge in [0.2, 0.25) is 0 Å². The standard InChI is InChI=1S/C14H26N4O2S/c1-4-6-9-18(12-7-8-12)21(19,20)14-13(10-15-5-2)11(3)16-17-14/h12,15H,4-10H2,1-3H3,(H,16,17). The fourth-order valence-electron chi connectivity index (χ4n) is 2.39. The number of sulfonamides is 1. The fraction of sp³-hybridized carbons (Fsp3) is 0.786. The first-order valence-corrected chi connectivity index (χ1v) is 9.22. The molecule has 120 valence electrons. The smallest absolute Gasteiger partial charge is 0.262 e. The molecule has 2 rings (SSSR count). The van der Waals surface area contributed by atoms with Crippen molar-refractivity contribution in [2.24, 2.45) is 0 Å². The predicted octanol–water partition coefficient (Wildman–Crippen LogP) is 1.78. The average Bonchev–Trinajstić information content (AvgIpc) is 3.20. The zero-order chi connectivity index (χ0) is 15.5. The van der Waals surface area contributed by atoms with Crippen molar-refractivity contribution in [3.8, 4) is 0 Å². The first-order chi connectivity index (χ1) is 10.0. The summed E-state index contributed by atoms with van der Waals surface area (Å²) in [6.07, 6.45) is 3.81. The third kappa shape index (κ3) is 3.64. The molecular weight excluding hydrogens is 288 g/mol. The molecule has 2 N–H and O–H groups in total. The maximum absolute atomic E-state index is 12.9. The van der Waals surface area contributed by atoms with Crippen LogP contribution >= 0.6 is 0 Å². The van der Waals surface area contributed by atoms with Crippen LogP contribution in [0.5, 0.6) is 0 Å². The lowest BCUT2D eigenvalue weighted by molar-refractivity contribution is 0.393. The summed E-state index contributed by atoms with van der Waals surface area (Å²) in [4.78, 5) is 0. The van der Waals surface area contributed by atoms with E-state index in [0.717, 1.165) is 43.5 Å². The molecule has 1 heterocycles. The van der Waals surface area contributed by atoms with Crippen LogP contribution in [0.15, 0.2) is 5.03 Å². The second-order valence-electron chi connectivity index (χ2n) is 5.61. The summed E-state index contributed by atoms with van der Waals surface area (Å²) in [5.74, 6) is 0. The molecule has 6 nitrogen and oxygen atoms in total. The summed E-state index contributed by atoms with van der Waals surface area (Å²) >= 11 is 0. The van der Waals surface area contributed by atoms with Gasteiger partial charge in [0.25, 0.3) is 10.0 Å². The number of hydrogen-bond acceptors (Lipinski definition) is 4. The van der Waals surface area contributed by atoms with Gasteiger partial charge in [0.05, 0.1) is 0 Å². The number of hydrogen-bond donors (Lipinski definition) is 2. The zero-order valence-electron chi connectivity index (χ0n) is 13.1. The minimum absolute atomic E-state index is 0.172. The third-order valence-electron chi connectivity index (χ3n) is 3.83. The number of aromatic amines is 1. The van der Waals surface area contributed by atoms with E-state index in [-0.39, 0.29) is 11.1 Å². The molecule has 1 aliphatic rings. The molecule has 1 saturated carbocycles. The first kappa shape index (κ1) is 16.5. The van der Waals surface area contributed by atoms with E-state index < -0.39 is 10.0 Å². The molecule has 1 aliphatic carbocycles. The maximum Gasteiger partial charge on any atom is 0.262 e. The van der Waals surface area contributed by atoms with Crippen molar-refractivity contribution < 1.29 is 8.42 Å². The van der Waals surface area contributed by atoms with Crippen molar-refractivity contribution >= 4 is 10.0 Å². The van der Waals surface area contributed by atoms with E-state index in [1.165, 1.54) is 0 Å². The highest BCUT2D eigenvalue weighted by Crippen LogP contribution is 2.33. The van der Waals surface area contributed by atoms with Crippen LogP contribution in [0, 0.1) is 6.92 Å². The Balaban J connectivity index is 2.28. The van der Waals surface area contributed by atoms with Crippen molar-refractivity contribution in [3.05, 3.63) is 11.3 Å². The van der Waals surface area contributed by atoms with Gasteiger partial charge in [0, 0.05) is 30.4 Å². The van der Waals surface area contributed by atoms with Gasteiger partial charge in [-0.25, -0.2) is 8.42 Å². The van der Waals surface area contributed by atoms with Crippen LogP contribution < -0.4 is 5.32 Å². The van der Waals surface area contributed by atoms with Gasteiger partial charge < -0.3 is 5.32 Å². The van der Waals surface area contributed by atoms with Crippen LogP contribution in [0.4, 0.5) is 0 Å². The van der Waals surface area contributed by atoms with Crippen LogP contribution in [-0.2, 0) is 16.6 Å².